The number of unbranched alkanes of at least 4 members (excludes halogenated alkanes) is 1. The van der Waals surface area contributed by atoms with Crippen LogP contribution in [0.1, 0.15) is 158 Å². The number of aliphatic carboxylic acids is 4. The molecule has 24 heteroatoms. The third-order valence-electron chi connectivity index (χ3n) is 18.5. The Hall–Kier alpha value is -9.49. The number of aromatic nitrogens is 5. The maximum Gasteiger partial charge on any atom is 0.326 e. The van der Waals surface area contributed by atoms with Gasteiger partial charge in [-0.3, -0.25) is 28.8 Å². The number of aliphatic hydroxyl groups excluding tert-OH is 2. The van der Waals surface area contributed by atoms with Gasteiger partial charge in [-0.25, -0.2) is 9.18 Å². The van der Waals surface area contributed by atoms with E-state index in [-0.39, 0.29) is 86.3 Å². The maximum atomic E-state index is 14.0. The second-order valence-corrected chi connectivity index (χ2v) is 26.7. The summed E-state index contributed by atoms with van der Waals surface area (Å²) in [4.78, 5) is 87.2. The molecule has 5 aromatic carbocycles. The molecule has 0 spiro atoms. The van der Waals surface area contributed by atoms with Crippen molar-refractivity contribution >= 4 is 47.3 Å². The molecule has 0 bridgehead atoms. The van der Waals surface area contributed by atoms with Gasteiger partial charge in [0.2, 0.25) is 17.6 Å². The molecule has 2 saturated carbocycles. The van der Waals surface area contributed by atoms with E-state index in [9.17, 15) is 58.4 Å². The number of H-pyrrole nitrogens is 1. The number of nitrogens with one attached hydrogen (secondary N) is 3. The van der Waals surface area contributed by atoms with Crippen LogP contribution >= 0.6 is 0 Å². The van der Waals surface area contributed by atoms with Crippen molar-refractivity contribution in [1.82, 2.24) is 35.4 Å². The van der Waals surface area contributed by atoms with Gasteiger partial charge in [0.25, 0.3) is 5.91 Å². The quantitative estimate of drug-likeness (QED) is 0.0173. The molecule has 9 rings (SSSR count). The lowest BCUT2D eigenvalue weighted by atomic mass is 9.76. The third kappa shape index (κ3) is 22.5. The number of para-hydroxylation sites is 1. The van der Waals surface area contributed by atoms with E-state index >= 15 is 0 Å². The lowest BCUT2D eigenvalue weighted by Gasteiger charge is -2.34. The van der Waals surface area contributed by atoms with Gasteiger partial charge in [-0.1, -0.05) is 151 Å². The van der Waals surface area contributed by atoms with Gasteiger partial charge in [0.1, 0.15) is 11.9 Å². The number of nitrogens with zero attached hydrogens (tertiary/aromatic N) is 5. The molecule has 9 N–H and O–H groups in total. The Labute approximate surface area is 588 Å². The fraction of sp³-hybridized carbons (Fsp3) is 0.455. The van der Waals surface area contributed by atoms with Crippen LogP contribution in [-0.4, -0.2) is 154 Å². The standard InChI is InChI=1S/C33H35FN2O5.C24H29N5O3.C20H33NO7/c1-21(2)31-30(33(41)35-25-11-7-4-8-12-25)29(22-9-5-3-6-10-22)32(23-13-15-24(34)16-14-23)36(31)18-17-26(37)19-27(38)20-28(39)40;1-4-5-10-21(30)29(22(16(2)3)24(31)32)15-17-11-13-18(14-12-17)19-8-6-7-9-20(19)23-25-27-28-26-23;1-27-10-11-28-13-15(18(24)25)12-20(8-2-3-9-20)19(26)21-16-6-4-14(5-7-16)17(22)23/h3-16,21,26-27,37-38H,17-20H2,1-2H3,(H,35,41)(H,39,40);6-9,11-14,16,22H,4-5,10,15H2,1-3H3,(H,31,32)(H,25,26,27,28);14-16H,2-13H2,1H3,(H,21,26)(H,22,23)(H,24,25)/t26-,27-;22-;14?,15-,16?/m100/s1. The van der Waals surface area contributed by atoms with E-state index in [0.29, 0.717) is 92.1 Å². The van der Waals surface area contributed by atoms with Crippen molar-refractivity contribution in [2.75, 3.05) is 32.2 Å². The molecule has 2 aliphatic rings. The molecule has 2 aromatic heterocycles. The summed E-state index contributed by atoms with van der Waals surface area (Å²) in [6, 6.07) is 39.5. The van der Waals surface area contributed by atoms with Gasteiger partial charge in [0, 0.05) is 55.2 Å². The Morgan fingerprint density at radius 1 is 0.743 bits per heavy atom. The minimum atomic E-state index is -1.18. The fourth-order valence-electron chi connectivity index (χ4n) is 13.4. The second kappa shape index (κ2) is 38.9. The van der Waals surface area contributed by atoms with E-state index in [2.05, 4.69) is 31.3 Å². The molecular formula is C77H97FN8O15. The van der Waals surface area contributed by atoms with E-state index in [1.165, 1.54) is 17.0 Å². The highest BCUT2D eigenvalue weighted by molar-refractivity contribution is 6.12. The molecule has 0 saturated heterocycles. The van der Waals surface area contributed by atoms with Gasteiger partial charge < -0.3 is 60.2 Å². The van der Waals surface area contributed by atoms with E-state index in [1.807, 2.05) is 148 Å². The number of carbonyl (C=O) groups is 7. The summed E-state index contributed by atoms with van der Waals surface area (Å²) >= 11 is 0. The fourth-order valence-corrected chi connectivity index (χ4v) is 13.4. The number of carboxylic acid groups (broad SMARTS) is 4. The highest BCUT2D eigenvalue weighted by Gasteiger charge is 2.45. The van der Waals surface area contributed by atoms with Gasteiger partial charge in [-0.05, 0) is 145 Å². The number of aromatic amines is 1. The molecule has 23 nitrogen and oxygen atoms in total. The molecule has 101 heavy (non-hydrogen) atoms. The first-order valence-electron chi connectivity index (χ1n) is 34.7. The summed E-state index contributed by atoms with van der Waals surface area (Å²) in [5, 5.41) is 78.6. The van der Waals surface area contributed by atoms with Crippen LogP contribution in [0.15, 0.2) is 133 Å². The number of ether oxygens (including phenoxy) is 2. The minimum absolute atomic E-state index is 0.0261. The van der Waals surface area contributed by atoms with E-state index in [1.54, 1.807) is 19.2 Å². The van der Waals surface area contributed by atoms with Crippen LogP contribution in [0.2, 0.25) is 0 Å². The molecule has 0 radical (unpaired) electrons. The average Bonchev–Trinajstić information content (AvgIpc) is 1.61. The summed E-state index contributed by atoms with van der Waals surface area (Å²) in [6.07, 6.45) is 5.38. The van der Waals surface area contributed by atoms with Gasteiger partial charge in [-0.15, -0.1) is 10.2 Å². The molecule has 0 aliphatic heterocycles. The first kappa shape index (κ1) is 78.8. The molecule has 4 atom stereocenters. The second-order valence-electron chi connectivity index (χ2n) is 26.7. The molecule has 2 aliphatic carbocycles. The highest BCUT2D eigenvalue weighted by atomic mass is 19.1. The van der Waals surface area contributed by atoms with Gasteiger partial charge in [0.15, 0.2) is 0 Å². The van der Waals surface area contributed by atoms with Crippen LogP contribution in [0.4, 0.5) is 10.1 Å². The Kier molecular flexibility index (Phi) is 30.4. The smallest absolute Gasteiger partial charge is 0.326 e. The molecule has 7 aromatic rings. The summed E-state index contributed by atoms with van der Waals surface area (Å²) in [5.74, 6) is -5.57. The summed E-state index contributed by atoms with van der Waals surface area (Å²) in [6.45, 7) is 11.0. The number of hydrogen-bond acceptors (Lipinski definition) is 14. The molecule has 3 amide bonds. The zero-order valence-corrected chi connectivity index (χ0v) is 58.4. The first-order valence-corrected chi connectivity index (χ1v) is 34.7. The molecular weight excluding hydrogens is 1300 g/mol. The Morgan fingerprint density at radius 3 is 1.93 bits per heavy atom. The van der Waals surface area contributed by atoms with Crippen LogP contribution in [0.3, 0.4) is 0 Å². The Bertz CT molecular complexity index is 3780. The van der Waals surface area contributed by atoms with E-state index in [0.717, 1.165) is 59.2 Å². The predicted molar refractivity (Wildman–Crippen MR) is 379 cm³/mol. The lowest BCUT2D eigenvalue weighted by molar-refractivity contribution is -0.153. The normalized spacial score (nSPS) is 16.0. The minimum Gasteiger partial charge on any atom is -0.481 e. The predicted octanol–water partition coefficient (Wildman–Crippen LogP) is 12.5. The third-order valence-corrected chi connectivity index (χ3v) is 18.5. The van der Waals surface area contributed by atoms with E-state index < -0.39 is 59.9 Å². The number of carboxylic acids is 4. The molecule has 0 unspecified atom stereocenters. The number of amides is 3. The zero-order valence-electron chi connectivity index (χ0n) is 58.4. The largest absolute Gasteiger partial charge is 0.481 e. The summed E-state index contributed by atoms with van der Waals surface area (Å²) in [5.41, 5.74) is 7.77. The first-order chi connectivity index (χ1) is 48.4. The van der Waals surface area contributed by atoms with Crippen molar-refractivity contribution in [3.05, 3.63) is 156 Å². The number of aliphatic hydroxyl groups is 2. The van der Waals surface area contributed by atoms with Crippen molar-refractivity contribution in [3.63, 3.8) is 0 Å². The highest BCUT2D eigenvalue weighted by Crippen LogP contribution is 2.45. The molecule has 542 valence electrons. The molecule has 2 heterocycles. The number of hydrogen-bond donors (Lipinski definition) is 9. The number of methoxy groups -OCH3 is 1. The van der Waals surface area contributed by atoms with Crippen molar-refractivity contribution in [2.24, 2.45) is 23.2 Å². The van der Waals surface area contributed by atoms with Crippen molar-refractivity contribution in [1.29, 1.82) is 0 Å². The Balaban J connectivity index is 0.000000217. The lowest BCUT2D eigenvalue weighted by Crippen LogP contribution is -2.47. The van der Waals surface area contributed by atoms with Crippen molar-refractivity contribution in [2.45, 2.75) is 174 Å². The summed E-state index contributed by atoms with van der Waals surface area (Å²) in [7, 11) is 1.56. The summed E-state index contributed by atoms with van der Waals surface area (Å²) < 4.78 is 26.3. The average molecular weight is 1390 g/mol. The Morgan fingerprint density at radius 2 is 1.37 bits per heavy atom. The maximum absolute atomic E-state index is 14.0. The number of tetrazole rings is 1. The van der Waals surface area contributed by atoms with Crippen LogP contribution in [0, 0.1) is 29.0 Å². The van der Waals surface area contributed by atoms with Gasteiger partial charge in [0.05, 0.1) is 67.0 Å². The van der Waals surface area contributed by atoms with Crippen molar-refractivity contribution in [3.8, 4) is 44.9 Å². The van der Waals surface area contributed by atoms with Crippen molar-refractivity contribution < 1.29 is 78.1 Å². The monoisotopic (exact) mass is 1390 g/mol. The molecule has 2 fully saturated rings. The topological polar surface area (TPSA) is 346 Å². The van der Waals surface area contributed by atoms with Gasteiger partial charge in [-0.2, -0.15) is 5.21 Å². The number of anilines is 1. The van der Waals surface area contributed by atoms with E-state index in [4.69, 9.17) is 19.7 Å². The zero-order chi connectivity index (χ0) is 73.2. The number of benzene rings is 5. The van der Waals surface area contributed by atoms with Crippen LogP contribution in [0.5, 0.6) is 0 Å². The van der Waals surface area contributed by atoms with Crippen LogP contribution < -0.4 is 10.6 Å². The van der Waals surface area contributed by atoms with Crippen LogP contribution in [-0.2, 0) is 51.3 Å². The number of halogens is 1. The SMILES string of the molecule is CC(C)c1c(C(=O)Nc2ccccc2)c(-c2ccccc2)c(-c2ccc(F)cc2)n1CC[C@@H](O)C[C@@H](O)CC(=O)O.CCCCC(=O)N(Cc1ccc(-c2ccccc2-c2nn[nH]n2)cc1)[C@H](C(=O)O)C(C)C.COCCOC[C@H](CC1(C(=O)NC2CCC(C(=O)O)CC2)CCCC1)C(=O)O. The number of carbonyl (C=O) groups excluding carboxylic acids is 3. The van der Waals surface area contributed by atoms with Gasteiger partial charge >= 0.3 is 23.9 Å². The number of rotatable bonds is 33. The van der Waals surface area contributed by atoms with Crippen LogP contribution in [0.25, 0.3) is 44.9 Å².